The van der Waals surface area contributed by atoms with Gasteiger partial charge in [0, 0.05) is 45.4 Å². The third-order valence-electron chi connectivity index (χ3n) is 14.0. The molecule has 13 rings (SSSR count). The highest BCUT2D eigenvalue weighted by atomic mass is 15.0. The number of aromatic nitrogens is 2. The van der Waals surface area contributed by atoms with Crippen molar-refractivity contribution in [2.75, 3.05) is 0 Å². The molecule has 6 atom stereocenters. The van der Waals surface area contributed by atoms with Gasteiger partial charge in [-0.05, 0) is 132 Å². The molecule has 0 bridgehead atoms. The molecule has 7 aliphatic carbocycles. The lowest BCUT2D eigenvalue weighted by atomic mass is 9.90. The van der Waals surface area contributed by atoms with Gasteiger partial charge in [0.2, 0.25) is 0 Å². The Morgan fingerprint density at radius 3 is 1.81 bits per heavy atom. The van der Waals surface area contributed by atoms with Gasteiger partial charge >= 0.3 is 0 Å². The summed E-state index contributed by atoms with van der Waals surface area (Å²) in [4.78, 5) is 0. The Kier molecular flexibility index (Phi) is 5.53. The summed E-state index contributed by atoms with van der Waals surface area (Å²) >= 11 is 0. The van der Waals surface area contributed by atoms with Crippen LogP contribution < -0.4 is 0 Å². The summed E-state index contributed by atoms with van der Waals surface area (Å²) < 4.78 is 5.23. The summed E-state index contributed by atoms with van der Waals surface area (Å²) in [7, 11) is 0. The van der Waals surface area contributed by atoms with Crippen molar-refractivity contribution in [2.45, 2.75) is 50.4 Å². The first-order chi connectivity index (χ1) is 25.8. The Morgan fingerprint density at radius 2 is 1.12 bits per heavy atom. The Bertz CT molecular complexity index is 2700. The van der Waals surface area contributed by atoms with Crippen molar-refractivity contribution in [3.63, 3.8) is 0 Å². The molecule has 6 unspecified atom stereocenters. The standard InChI is InChI=1S/C50H40N2/c1-2-8-31-25-43-37-10-4-6-12-47(37)51(49(43)45-26-40(45)35(31)9-3-1)33-19-14-29(15-20-33)30-16-21-34(22-17-30)52-48-13-7-5-11-38(48)44-27-41-36(23-18-32-24-39(32)41)42-28-46(42)50(44)52/h1-8,10-23,32,39-40,42,45-46H,9,24-28H2. The quantitative estimate of drug-likeness (QED) is 0.178. The molecule has 0 saturated heterocycles. The second kappa shape index (κ2) is 10.2. The Hall–Kier alpha value is -5.34. The zero-order chi connectivity index (χ0) is 33.7. The zero-order valence-corrected chi connectivity index (χ0v) is 29.3. The molecule has 7 aliphatic rings. The van der Waals surface area contributed by atoms with Gasteiger partial charge in [0.05, 0.1) is 11.0 Å². The van der Waals surface area contributed by atoms with E-state index in [0.717, 1.165) is 31.1 Å². The monoisotopic (exact) mass is 668 g/mol. The van der Waals surface area contributed by atoms with Crippen LogP contribution in [0.25, 0.3) is 44.3 Å². The number of hydrogen-bond donors (Lipinski definition) is 0. The smallest absolute Gasteiger partial charge is 0.0534 e. The molecule has 3 saturated carbocycles. The van der Waals surface area contributed by atoms with Crippen LogP contribution in [0.5, 0.6) is 0 Å². The third-order valence-corrected chi connectivity index (χ3v) is 14.0. The molecule has 0 aliphatic heterocycles. The molecule has 0 spiro atoms. The van der Waals surface area contributed by atoms with Crippen LogP contribution in [0, 0.1) is 23.7 Å². The second-order valence-electron chi connectivity index (χ2n) is 16.7. The highest BCUT2D eigenvalue weighted by Gasteiger charge is 2.52. The van der Waals surface area contributed by atoms with Gasteiger partial charge in [0.1, 0.15) is 0 Å². The minimum absolute atomic E-state index is 0.607. The van der Waals surface area contributed by atoms with Crippen LogP contribution in [0.15, 0.2) is 156 Å². The van der Waals surface area contributed by atoms with E-state index >= 15 is 0 Å². The number of fused-ring (bicyclic) bond motifs is 14. The van der Waals surface area contributed by atoms with Crippen molar-refractivity contribution < 1.29 is 0 Å². The summed E-state index contributed by atoms with van der Waals surface area (Å²) in [6.45, 7) is 0. The van der Waals surface area contributed by atoms with Crippen molar-refractivity contribution in [3.05, 3.63) is 178 Å². The maximum Gasteiger partial charge on any atom is 0.0534 e. The highest BCUT2D eigenvalue weighted by molar-refractivity contribution is 5.90. The Labute approximate surface area is 304 Å². The van der Waals surface area contributed by atoms with Crippen LogP contribution >= 0.6 is 0 Å². The van der Waals surface area contributed by atoms with E-state index in [1.807, 2.05) is 0 Å². The molecule has 2 heterocycles. The minimum atomic E-state index is 0.607. The fourth-order valence-corrected chi connectivity index (χ4v) is 11.3. The summed E-state index contributed by atoms with van der Waals surface area (Å²) in [5.41, 5.74) is 20.8. The number of allylic oxidation sites excluding steroid dienone is 10. The van der Waals surface area contributed by atoms with Gasteiger partial charge in [-0.3, -0.25) is 0 Å². The first-order valence-electron chi connectivity index (χ1n) is 19.7. The second-order valence-corrected chi connectivity index (χ2v) is 16.7. The van der Waals surface area contributed by atoms with Gasteiger partial charge in [-0.2, -0.15) is 0 Å². The molecule has 2 nitrogen and oxygen atoms in total. The normalized spacial score (nSPS) is 27.2. The molecule has 52 heavy (non-hydrogen) atoms. The van der Waals surface area contributed by atoms with Gasteiger partial charge < -0.3 is 9.13 Å². The first-order valence-corrected chi connectivity index (χ1v) is 19.7. The van der Waals surface area contributed by atoms with Crippen LogP contribution in [-0.2, 0) is 12.8 Å². The van der Waals surface area contributed by atoms with E-state index in [-0.39, 0.29) is 0 Å². The van der Waals surface area contributed by atoms with Gasteiger partial charge in [-0.25, -0.2) is 0 Å². The zero-order valence-electron chi connectivity index (χ0n) is 29.3. The van der Waals surface area contributed by atoms with Crippen molar-refractivity contribution in [1.82, 2.24) is 9.13 Å². The molecule has 0 radical (unpaired) electrons. The summed E-state index contributed by atoms with van der Waals surface area (Å²) in [6, 6.07) is 37.1. The predicted molar refractivity (Wildman–Crippen MR) is 212 cm³/mol. The lowest BCUT2D eigenvalue weighted by molar-refractivity contribution is 0.822. The average molecular weight is 669 g/mol. The lowest BCUT2D eigenvalue weighted by Crippen LogP contribution is -2.03. The molecular weight excluding hydrogens is 629 g/mol. The number of nitrogens with zero attached hydrogens (tertiary/aromatic N) is 2. The lowest BCUT2D eigenvalue weighted by Gasteiger charge is -2.14. The molecule has 4 aromatic carbocycles. The van der Waals surface area contributed by atoms with E-state index in [1.54, 1.807) is 39.2 Å². The van der Waals surface area contributed by atoms with Crippen LogP contribution in [0.4, 0.5) is 0 Å². The molecular formula is C50H40N2. The largest absolute Gasteiger partial charge is 0.313 e. The van der Waals surface area contributed by atoms with E-state index in [0.29, 0.717) is 23.7 Å². The molecule has 2 aromatic heterocycles. The van der Waals surface area contributed by atoms with Gasteiger partial charge in [-0.15, -0.1) is 0 Å². The molecule has 6 aromatic rings. The fraction of sp³-hybridized carbons (Fsp3) is 0.240. The van der Waals surface area contributed by atoms with E-state index in [2.05, 4.69) is 143 Å². The van der Waals surface area contributed by atoms with Crippen molar-refractivity contribution in [3.8, 4) is 22.5 Å². The molecule has 2 heteroatoms. The minimum Gasteiger partial charge on any atom is -0.313 e. The maximum atomic E-state index is 2.63. The van der Waals surface area contributed by atoms with Crippen LogP contribution in [-0.4, -0.2) is 9.13 Å². The Morgan fingerprint density at radius 1 is 0.500 bits per heavy atom. The fourth-order valence-electron chi connectivity index (χ4n) is 11.3. The summed E-state index contributed by atoms with van der Waals surface area (Å²) in [5.74, 6) is 4.22. The molecule has 250 valence electrons. The van der Waals surface area contributed by atoms with E-state index < -0.39 is 0 Å². The topological polar surface area (TPSA) is 9.86 Å². The Balaban J connectivity index is 0.863. The maximum absolute atomic E-state index is 2.63. The van der Waals surface area contributed by atoms with Crippen molar-refractivity contribution >= 4 is 21.8 Å². The van der Waals surface area contributed by atoms with E-state index in [9.17, 15) is 0 Å². The van der Waals surface area contributed by atoms with E-state index in [1.165, 1.54) is 69.1 Å². The van der Waals surface area contributed by atoms with Crippen LogP contribution in [0.2, 0.25) is 0 Å². The molecule has 0 N–H and O–H groups in total. The van der Waals surface area contributed by atoms with Crippen LogP contribution in [0.1, 0.15) is 60.0 Å². The van der Waals surface area contributed by atoms with E-state index in [4.69, 9.17) is 0 Å². The van der Waals surface area contributed by atoms with Crippen LogP contribution in [0.3, 0.4) is 0 Å². The SMILES string of the molecule is C1=CCC2=C(C=C1)Cc1c(n(-c3ccc(-c4ccc(-n5c6c(c7ccccc75)CC5=C(C=CC7CC57)C5CC65)cc4)cc3)c3ccccc13)C1CC21. The van der Waals surface area contributed by atoms with Crippen molar-refractivity contribution in [2.24, 2.45) is 23.7 Å². The highest BCUT2D eigenvalue weighted by Crippen LogP contribution is 2.63. The van der Waals surface area contributed by atoms with Gasteiger partial charge in [0.15, 0.2) is 0 Å². The third kappa shape index (κ3) is 3.90. The summed E-state index contributed by atoms with van der Waals surface area (Å²) in [5, 5.41) is 2.87. The van der Waals surface area contributed by atoms with Gasteiger partial charge in [-0.1, -0.05) is 108 Å². The number of benzene rings is 4. The number of hydrogen-bond acceptors (Lipinski definition) is 0. The van der Waals surface area contributed by atoms with Crippen molar-refractivity contribution in [1.29, 1.82) is 0 Å². The first kappa shape index (κ1) is 28.3. The number of rotatable bonds is 3. The molecule has 0 amide bonds. The number of para-hydroxylation sites is 2. The molecule has 3 fully saturated rings. The predicted octanol–water partition coefficient (Wildman–Crippen LogP) is 11.9. The summed E-state index contributed by atoms with van der Waals surface area (Å²) in [6.07, 6.45) is 21.4. The average Bonchev–Trinajstić information content (AvgIpc) is 4.07. The van der Waals surface area contributed by atoms with Gasteiger partial charge in [0.25, 0.3) is 0 Å².